The lowest BCUT2D eigenvalue weighted by atomic mass is 10.2. The minimum Gasteiger partial charge on any atom is -0.354 e. The molecule has 2 rings (SSSR count). The van der Waals surface area contributed by atoms with Gasteiger partial charge in [0.2, 0.25) is 0 Å². The molecule has 4 heteroatoms. The summed E-state index contributed by atoms with van der Waals surface area (Å²) in [6.45, 7) is 4.93. The van der Waals surface area contributed by atoms with E-state index in [0.717, 1.165) is 30.8 Å². The zero-order valence-corrected chi connectivity index (χ0v) is 13.5. The molecule has 1 heterocycles. The van der Waals surface area contributed by atoms with Crippen molar-refractivity contribution in [1.82, 2.24) is 9.88 Å². The van der Waals surface area contributed by atoms with Crippen LogP contribution in [0.5, 0.6) is 0 Å². The van der Waals surface area contributed by atoms with Crippen molar-refractivity contribution in [2.45, 2.75) is 26.7 Å². The third kappa shape index (κ3) is 4.32. The van der Waals surface area contributed by atoms with Gasteiger partial charge >= 0.3 is 0 Å². The molecule has 0 saturated heterocycles. The number of rotatable bonds is 6. The zero-order valence-electron chi connectivity index (χ0n) is 13.5. The van der Waals surface area contributed by atoms with Gasteiger partial charge in [-0.2, -0.15) is 0 Å². The van der Waals surface area contributed by atoms with Gasteiger partial charge in [-0.05, 0) is 43.2 Å². The van der Waals surface area contributed by atoms with E-state index in [1.54, 1.807) is 17.2 Å². The van der Waals surface area contributed by atoms with Crippen molar-refractivity contribution in [2.75, 3.05) is 18.9 Å². The lowest BCUT2D eigenvalue weighted by Crippen LogP contribution is -2.28. The number of aromatic nitrogens is 1. The Labute approximate surface area is 132 Å². The lowest BCUT2D eigenvalue weighted by Gasteiger charge is -2.16. The van der Waals surface area contributed by atoms with Crippen molar-refractivity contribution in [3.05, 3.63) is 53.9 Å². The summed E-state index contributed by atoms with van der Waals surface area (Å²) in [5.41, 5.74) is 3.56. The number of hydrogen-bond donors (Lipinski definition) is 1. The monoisotopic (exact) mass is 297 g/mol. The van der Waals surface area contributed by atoms with E-state index in [4.69, 9.17) is 0 Å². The maximum atomic E-state index is 12.2. The minimum atomic E-state index is -0.0319. The molecule has 0 bridgehead atoms. The van der Waals surface area contributed by atoms with Crippen LogP contribution in [0.4, 0.5) is 11.4 Å². The summed E-state index contributed by atoms with van der Waals surface area (Å²) < 4.78 is 0. The fourth-order valence-electron chi connectivity index (χ4n) is 2.18. The summed E-state index contributed by atoms with van der Waals surface area (Å²) in [5, 5.41) is 3.29. The van der Waals surface area contributed by atoms with E-state index in [-0.39, 0.29) is 5.91 Å². The van der Waals surface area contributed by atoms with E-state index in [9.17, 15) is 4.79 Å². The van der Waals surface area contributed by atoms with E-state index >= 15 is 0 Å². The number of nitrogens with one attached hydrogen (secondary N) is 1. The highest BCUT2D eigenvalue weighted by Gasteiger charge is 2.12. The molecule has 4 nitrogen and oxygen atoms in total. The average Bonchev–Trinajstić information content (AvgIpc) is 2.52. The molecule has 1 N–H and O–H groups in total. The van der Waals surface area contributed by atoms with Crippen LogP contribution in [-0.4, -0.2) is 29.4 Å². The van der Waals surface area contributed by atoms with Crippen molar-refractivity contribution < 1.29 is 4.79 Å². The predicted octanol–water partition coefficient (Wildman–Crippen LogP) is 4.01. The van der Waals surface area contributed by atoms with E-state index in [1.807, 2.05) is 25.2 Å². The van der Waals surface area contributed by atoms with Gasteiger partial charge in [0.05, 0.1) is 11.9 Å². The van der Waals surface area contributed by atoms with Gasteiger partial charge in [-0.3, -0.25) is 4.79 Å². The van der Waals surface area contributed by atoms with Gasteiger partial charge in [-0.1, -0.05) is 25.5 Å². The average molecular weight is 297 g/mol. The van der Waals surface area contributed by atoms with Crippen LogP contribution in [0.15, 0.2) is 42.6 Å². The molecule has 0 atom stereocenters. The Hall–Kier alpha value is -2.36. The molecule has 0 spiro atoms. The number of hydrogen-bond acceptors (Lipinski definition) is 3. The first-order valence-electron chi connectivity index (χ1n) is 7.65. The van der Waals surface area contributed by atoms with E-state index in [0.29, 0.717) is 5.69 Å². The van der Waals surface area contributed by atoms with Gasteiger partial charge in [0.1, 0.15) is 5.69 Å². The fraction of sp³-hybridized carbons (Fsp3) is 0.333. The predicted molar refractivity (Wildman–Crippen MR) is 90.6 cm³/mol. The Morgan fingerprint density at radius 2 is 2.05 bits per heavy atom. The summed E-state index contributed by atoms with van der Waals surface area (Å²) in [5.74, 6) is -0.0319. The number of carbonyl (C=O) groups is 1. The van der Waals surface area contributed by atoms with Gasteiger partial charge in [0, 0.05) is 19.3 Å². The van der Waals surface area contributed by atoms with Gasteiger partial charge in [0.25, 0.3) is 5.91 Å². The van der Waals surface area contributed by atoms with Gasteiger partial charge in [-0.15, -0.1) is 0 Å². The topological polar surface area (TPSA) is 45.2 Å². The third-order valence-electron chi connectivity index (χ3n) is 3.48. The molecule has 0 aliphatic carbocycles. The Bertz CT molecular complexity index is 622. The number of nitrogens with zero attached hydrogens (tertiary/aromatic N) is 2. The molecule has 1 aromatic heterocycles. The van der Waals surface area contributed by atoms with Gasteiger partial charge in [0.15, 0.2) is 0 Å². The molecule has 0 aliphatic rings. The maximum Gasteiger partial charge on any atom is 0.272 e. The SMILES string of the molecule is CCCCN(C)C(=O)c1ccc(Nc2cccc(C)c2)cn1. The third-order valence-corrected chi connectivity index (χ3v) is 3.48. The fourth-order valence-corrected chi connectivity index (χ4v) is 2.18. The molecule has 116 valence electrons. The number of carbonyl (C=O) groups excluding carboxylic acids is 1. The number of benzene rings is 1. The summed E-state index contributed by atoms with van der Waals surface area (Å²) in [4.78, 5) is 18.2. The molecule has 1 aromatic carbocycles. The first kappa shape index (κ1) is 16.0. The highest BCUT2D eigenvalue weighted by Crippen LogP contribution is 2.17. The van der Waals surface area contributed by atoms with E-state index in [1.165, 1.54) is 5.56 Å². The molecule has 0 saturated carbocycles. The van der Waals surface area contributed by atoms with Crippen molar-refractivity contribution in [3.63, 3.8) is 0 Å². The Morgan fingerprint density at radius 1 is 1.23 bits per heavy atom. The molecule has 22 heavy (non-hydrogen) atoms. The Balaban J connectivity index is 2.02. The second kappa shape index (κ2) is 7.59. The summed E-state index contributed by atoms with van der Waals surface area (Å²) in [7, 11) is 1.82. The minimum absolute atomic E-state index is 0.0319. The van der Waals surface area contributed by atoms with Crippen LogP contribution in [0.1, 0.15) is 35.8 Å². The van der Waals surface area contributed by atoms with Crippen molar-refractivity contribution >= 4 is 17.3 Å². The Kier molecular flexibility index (Phi) is 5.53. The van der Waals surface area contributed by atoms with Crippen LogP contribution >= 0.6 is 0 Å². The number of anilines is 2. The normalized spacial score (nSPS) is 10.3. The highest BCUT2D eigenvalue weighted by molar-refractivity contribution is 5.92. The molecule has 0 aliphatic heterocycles. The molecule has 0 fully saturated rings. The van der Waals surface area contributed by atoms with Crippen LogP contribution in [0, 0.1) is 6.92 Å². The molecule has 1 amide bonds. The number of pyridine rings is 1. The smallest absolute Gasteiger partial charge is 0.272 e. The van der Waals surface area contributed by atoms with Crippen molar-refractivity contribution in [2.24, 2.45) is 0 Å². The number of unbranched alkanes of at least 4 members (excludes halogenated alkanes) is 1. The van der Waals surface area contributed by atoms with Gasteiger partial charge in [-0.25, -0.2) is 4.98 Å². The second-order valence-corrected chi connectivity index (χ2v) is 5.51. The molecular formula is C18H23N3O. The first-order chi connectivity index (χ1) is 10.6. The highest BCUT2D eigenvalue weighted by atomic mass is 16.2. The van der Waals surface area contributed by atoms with E-state index < -0.39 is 0 Å². The number of aryl methyl sites for hydroxylation is 1. The summed E-state index contributed by atoms with van der Waals surface area (Å²) in [6, 6.07) is 11.8. The first-order valence-corrected chi connectivity index (χ1v) is 7.65. The molecule has 0 unspecified atom stereocenters. The van der Waals surface area contributed by atoms with Crippen molar-refractivity contribution in [3.8, 4) is 0 Å². The zero-order chi connectivity index (χ0) is 15.9. The number of amides is 1. The molecule has 0 radical (unpaired) electrons. The second-order valence-electron chi connectivity index (χ2n) is 5.51. The summed E-state index contributed by atoms with van der Waals surface area (Å²) >= 11 is 0. The van der Waals surface area contributed by atoms with Crippen molar-refractivity contribution in [1.29, 1.82) is 0 Å². The van der Waals surface area contributed by atoms with Crippen LogP contribution in [0.3, 0.4) is 0 Å². The standard InChI is InChI=1S/C18H23N3O/c1-4-5-11-21(3)18(22)17-10-9-16(13-19-17)20-15-8-6-7-14(2)12-15/h6-10,12-13,20H,4-5,11H2,1-3H3. The van der Waals surface area contributed by atoms with Crippen LogP contribution in [-0.2, 0) is 0 Å². The Morgan fingerprint density at radius 3 is 2.68 bits per heavy atom. The summed E-state index contributed by atoms with van der Waals surface area (Å²) in [6.07, 6.45) is 3.78. The van der Waals surface area contributed by atoms with E-state index in [2.05, 4.69) is 36.3 Å². The molecule has 2 aromatic rings. The van der Waals surface area contributed by atoms with Crippen LogP contribution in [0.25, 0.3) is 0 Å². The van der Waals surface area contributed by atoms with Crippen LogP contribution < -0.4 is 5.32 Å². The van der Waals surface area contributed by atoms with Crippen LogP contribution in [0.2, 0.25) is 0 Å². The van der Waals surface area contributed by atoms with Gasteiger partial charge < -0.3 is 10.2 Å². The molecular weight excluding hydrogens is 274 g/mol. The largest absolute Gasteiger partial charge is 0.354 e. The lowest BCUT2D eigenvalue weighted by molar-refractivity contribution is 0.0787. The maximum absolute atomic E-state index is 12.2. The quantitative estimate of drug-likeness (QED) is 0.876.